The van der Waals surface area contributed by atoms with Gasteiger partial charge in [0.05, 0.1) is 6.54 Å². The molecule has 1 unspecified atom stereocenters. The largest absolute Gasteiger partial charge is 0.385 e. The molecule has 5 nitrogen and oxygen atoms in total. The van der Waals surface area contributed by atoms with E-state index < -0.39 is 0 Å². The molecule has 0 heterocycles. The highest BCUT2D eigenvalue weighted by Gasteiger charge is 2.16. The molecule has 5 heteroatoms. The molecule has 0 saturated heterocycles. The molecule has 1 atom stereocenters. The molecule has 0 bridgehead atoms. The number of guanidine groups is 1. The van der Waals surface area contributed by atoms with Crippen molar-refractivity contribution in [2.24, 2.45) is 10.9 Å². The maximum absolute atomic E-state index is 5.08. The van der Waals surface area contributed by atoms with Crippen LogP contribution in [0.3, 0.4) is 0 Å². The standard InChI is InChI=1S/C17H38N4O/c1-7-18-17(19-11-10-12-22-6)20-14-16(13-15(4)5)21(8-2)9-3/h15-16H,7-14H2,1-6H3,(H2,18,19,20). The Labute approximate surface area is 137 Å². The summed E-state index contributed by atoms with van der Waals surface area (Å²) in [4.78, 5) is 7.31. The van der Waals surface area contributed by atoms with Crippen molar-refractivity contribution < 1.29 is 4.74 Å². The van der Waals surface area contributed by atoms with Gasteiger partial charge in [0.2, 0.25) is 0 Å². The predicted molar refractivity (Wildman–Crippen MR) is 96.6 cm³/mol. The van der Waals surface area contributed by atoms with Gasteiger partial charge < -0.3 is 15.4 Å². The molecule has 0 aromatic heterocycles. The van der Waals surface area contributed by atoms with Gasteiger partial charge in [-0.3, -0.25) is 9.89 Å². The lowest BCUT2D eigenvalue weighted by Crippen LogP contribution is -2.41. The van der Waals surface area contributed by atoms with Gasteiger partial charge in [-0.15, -0.1) is 0 Å². The van der Waals surface area contributed by atoms with Crippen molar-refractivity contribution in [2.75, 3.05) is 46.4 Å². The molecule has 0 aliphatic heterocycles. The van der Waals surface area contributed by atoms with Crippen LogP contribution in [0, 0.1) is 5.92 Å². The summed E-state index contributed by atoms with van der Waals surface area (Å²) in [6, 6.07) is 0.518. The Morgan fingerprint density at radius 2 is 1.82 bits per heavy atom. The van der Waals surface area contributed by atoms with E-state index in [0.717, 1.165) is 51.7 Å². The van der Waals surface area contributed by atoms with E-state index in [1.807, 2.05) is 0 Å². The van der Waals surface area contributed by atoms with E-state index >= 15 is 0 Å². The first-order chi connectivity index (χ1) is 10.6. The zero-order valence-corrected chi connectivity index (χ0v) is 15.6. The Morgan fingerprint density at radius 1 is 1.14 bits per heavy atom. The lowest BCUT2D eigenvalue weighted by atomic mass is 10.0. The fraction of sp³-hybridized carbons (Fsp3) is 0.941. The van der Waals surface area contributed by atoms with Gasteiger partial charge in [0.1, 0.15) is 0 Å². The number of nitrogens with zero attached hydrogens (tertiary/aromatic N) is 2. The van der Waals surface area contributed by atoms with E-state index in [1.165, 1.54) is 6.42 Å². The molecule has 0 aromatic carbocycles. The Morgan fingerprint density at radius 3 is 2.32 bits per heavy atom. The number of likely N-dealkylation sites (N-methyl/N-ethyl adjacent to an activating group) is 1. The monoisotopic (exact) mass is 314 g/mol. The fourth-order valence-electron chi connectivity index (χ4n) is 2.58. The average molecular weight is 315 g/mol. The number of methoxy groups -OCH3 is 1. The third kappa shape index (κ3) is 10.0. The number of rotatable bonds is 12. The minimum Gasteiger partial charge on any atom is -0.385 e. The van der Waals surface area contributed by atoms with Crippen LogP contribution < -0.4 is 10.6 Å². The molecular formula is C17H38N4O. The van der Waals surface area contributed by atoms with E-state index in [1.54, 1.807) is 7.11 Å². The predicted octanol–water partition coefficient (Wildman–Crippen LogP) is 2.33. The zero-order chi connectivity index (χ0) is 16.8. The van der Waals surface area contributed by atoms with E-state index in [9.17, 15) is 0 Å². The Hall–Kier alpha value is -0.810. The first-order valence-corrected chi connectivity index (χ1v) is 8.84. The summed E-state index contributed by atoms with van der Waals surface area (Å²) in [5.41, 5.74) is 0. The highest BCUT2D eigenvalue weighted by atomic mass is 16.5. The van der Waals surface area contributed by atoms with Crippen molar-refractivity contribution in [1.82, 2.24) is 15.5 Å². The second kappa shape index (κ2) is 13.8. The molecule has 0 fully saturated rings. The lowest BCUT2D eigenvalue weighted by molar-refractivity contribution is 0.194. The third-order valence-corrected chi connectivity index (χ3v) is 3.69. The molecule has 0 saturated carbocycles. The zero-order valence-electron chi connectivity index (χ0n) is 15.6. The fourth-order valence-corrected chi connectivity index (χ4v) is 2.58. The van der Waals surface area contributed by atoms with Gasteiger partial charge in [0.25, 0.3) is 0 Å². The lowest BCUT2D eigenvalue weighted by Gasteiger charge is -2.30. The third-order valence-electron chi connectivity index (χ3n) is 3.69. The van der Waals surface area contributed by atoms with Crippen LogP contribution in [0.5, 0.6) is 0 Å². The highest BCUT2D eigenvalue weighted by Crippen LogP contribution is 2.12. The van der Waals surface area contributed by atoms with Crippen LogP contribution in [-0.4, -0.2) is 63.3 Å². The first-order valence-electron chi connectivity index (χ1n) is 8.84. The van der Waals surface area contributed by atoms with Crippen LogP contribution in [0.2, 0.25) is 0 Å². The molecule has 0 aromatic rings. The minimum atomic E-state index is 0.518. The van der Waals surface area contributed by atoms with Crippen molar-refractivity contribution in [2.45, 2.75) is 53.5 Å². The van der Waals surface area contributed by atoms with Crippen molar-refractivity contribution in [3.63, 3.8) is 0 Å². The van der Waals surface area contributed by atoms with Crippen LogP contribution in [0.4, 0.5) is 0 Å². The van der Waals surface area contributed by atoms with Crippen molar-refractivity contribution in [1.29, 1.82) is 0 Å². The number of hydrogen-bond acceptors (Lipinski definition) is 3. The van der Waals surface area contributed by atoms with Crippen LogP contribution in [0.1, 0.15) is 47.5 Å². The van der Waals surface area contributed by atoms with Crippen LogP contribution in [-0.2, 0) is 4.74 Å². The molecule has 0 radical (unpaired) electrons. The number of hydrogen-bond donors (Lipinski definition) is 2. The molecule has 0 aliphatic rings. The van der Waals surface area contributed by atoms with Crippen molar-refractivity contribution >= 4 is 5.96 Å². The molecule has 0 amide bonds. The molecule has 0 spiro atoms. The summed E-state index contributed by atoms with van der Waals surface area (Å²) >= 11 is 0. The normalized spacial score (nSPS) is 13.7. The van der Waals surface area contributed by atoms with Gasteiger partial charge in [-0.05, 0) is 38.8 Å². The van der Waals surface area contributed by atoms with E-state index in [4.69, 9.17) is 9.73 Å². The Kier molecular flexibility index (Phi) is 13.3. The van der Waals surface area contributed by atoms with Crippen LogP contribution in [0.15, 0.2) is 4.99 Å². The maximum atomic E-state index is 5.08. The average Bonchev–Trinajstić information content (AvgIpc) is 2.49. The van der Waals surface area contributed by atoms with Gasteiger partial charge in [-0.25, -0.2) is 0 Å². The highest BCUT2D eigenvalue weighted by molar-refractivity contribution is 5.79. The number of ether oxygens (including phenoxy) is 1. The van der Waals surface area contributed by atoms with Gasteiger partial charge in [0.15, 0.2) is 5.96 Å². The second-order valence-corrected chi connectivity index (χ2v) is 6.00. The van der Waals surface area contributed by atoms with Gasteiger partial charge >= 0.3 is 0 Å². The summed E-state index contributed by atoms with van der Waals surface area (Å²) < 4.78 is 5.08. The summed E-state index contributed by atoms with van der Waals surface area (Å²) in [5, 5.41) is 6.70. The van der Waals surface area contributed by atoms with Crippen LogP contribution in [0.25, 0.3) is 0 Å². The van der Waals surface area contributed by atoms with Gasteiger partial charge in [-0.1, -0.05) is 27.7 Å². The number of aliphatic imine (C=N–C) groups is 1. The first kappa shape index (κ1) is 21.2. The molecular weight excluding hydrogens is 276 g/mol. The second-order valence-electron chi connectivity index (χ2n) is 6.00. The van der Waals surface area contributed by atoms with Gasteiger partial charge in [-0.2, -0.15) is 0 Å². The summed E-state index contributed by atoms with van der Waals surface area (Å²) in [5.74, 6) is 1.61. The Balaban J connectivity index is 4.59. The van der Waals surface area contributed by atoms with E-state index in [2.05, 4.69) is 50.2 Å². The quantitative estimate of drug-likeness (QED) is 0.330. The molecule has 132 valence electrons. The summed E-state index contributed by atoms with van der Waals surface area (Å²) in [6.07, 6.45) is 2.18. The van der Waals surface area contributed by atoms with Gasteiger partial charge in [0, 0.05) is 32.8 Å². The maximum Gasteiger partial charge on any atom is 0.191 e. The van der Waals surface area contributed by atoms with Crippen molar-refractivity contribution in [3.8, 4) is 0 Å². The molecule has 2 N–H and O–H groups in total. The number of nitrogens with one attached hydrogen (secondary N) is 2. The molecule has 22 heavy (non-hydrogen) atoms. The van der Waals surface area contributed by atoms with E-state index in [-0.39, 0.29) is 0 Å². The minimum absolute atomic E-state index is 0.518. The molecule has 0 rings (SSSR count). The van der Waals surface area contributed by atoms with E-state index in [0.29, 0.717) is 12.0 Å². The Bertz CT molecular complexity index is 278. The summed E-state index contributed by atoms with van der Waals surface area (Å²) in [7, 11) is 1.74. The topological polar surface area (TPSA) is 48.9 Å². The molecule has 0 aliphatic carbocycles. The SMILES string of the molecule is CCNC(=NCC(CC(C)C)N(CC)CC)NCCCOC. The summed E-state index contributed by atoms with van der Waals surface area (Å²) in [6.45, 7) is 16.7. The van der Waals surface area contributed by atoms with Crippen LogP contribution >= 0.6 is 0 Å². The van der Waals surface area contributed by atoms with Crippen molar-refractivity contribution in [3.05, 3.63) is 0 Å². The smallest absolute Gasteiger partial charge is 0.191 e.